The number of halogens is 1. The van der Waals surface area contributed by atoms with E-state index in [1.54, 1.807) is 31.5 Å². The molecule has 0 spiro atoms. The lowest BCUT2D eigenvalue weighted by Crippen LogP contribution is -2.63. The van der Waals surface area contributed by atoms with E-state index in [0.717, 1.165) is 37.0 Å². The molecule has 2 aliphatic rings. The Labute approximate surface area is 179 Å². The number of likely N-dealkylation sites (tertiary alicyclic amines) is 2. The molecule has 5 rings (SSSR count). The average molecular weight is 427 g/mol. The number of pyridine rings is 1. The Balaban J connectivity index is 1.26. The molecule has 4 heterocycles. The number of carbonyl (C=O) groups is 1. The van der Waals surface area contributed by atoms with Gasteiger partial charge in [-0.1, -0.05) is 17.7 Å². The average Bonchev–Trinajstić information content (AvgIpc) is 3.15. The minimum absolute atomic E-state index is 0.0854. The summed E-state index contributed by atoms with van der Waals surface area (Å²) in [4.78, 5) is 21.6. The molecule has 1 amide bonds. The van der Waals surface area contributed by atoms with Crippen molar-refractivity contribution in [2.24, 2.45) is 5.92 Å². The quantitative estimate of drug-likeness (QED) is 0.688. The van der Waals surface area contributed by atoms with E-state index < -0.39 is 0 Å². The van der Waals surface area contributed by atoms with Crippen molar-refractivity contribution < 1.29 is 13.9 Å². The first-order valence-electron chi connectivity index (χ1n) is 10.0. The number of rotatable bonds is 4. The van der Waals surface area contributed by atoms with Gasteiger partial charge in [0.25, 0.3) is 5.91 Å². The lowest BCUT2D eigenvalue weighted by molar-refractivity contribution is -0.0426. The van der Waals surface area contributed by atoms with Crippen LogP contribution >= 0.6 is 11.6 Å². The van der Waals surface area contributed by atoms with Gasteiger partial charge in [0.1, 0.15) is 5.82 Å². The monoisotopic (exact) mass is 426 g/mol. The molecule has 2 aromatic heterocycles. The van der Waals surface area contributed by atoms with Gasteiger partial charge < -0.3 is 19.8 Å². The first-order chi connectivity index (χ1) is 14.5. The van der Waals surface area contributed by atoms with Crippen molar-refractivity contribution in [1.29, 1.82) is 0 Å². The fourth-order valence-corrected chi connectivity index (χ4v) is 4.86. The predicted octanol–water partition coefficient (Wildman–Crippen LogP) is 3.42. The first-order valence-corrected chi connectivity index (χ1v) is 10.4. The van der Waals surface area contributed by atoms with Crippen LogP contribution in [0.5, 0.6) is 5.75 Å². The largest absolute Gasteiger partial charge is 0.493 e. The molecule has 2 aliphatic heterocycles. The third-order valence-electron chi connectivity index (χ3n) is 6.20. The van der Waals surface area contributed by atoms with Gasteiger partial charge in [-0.25, -0.2) is 4.98 Å². The Morgan fingerprint density at radius 2 is 2.23 bits per heavy atom. The number of anilines is 1. The molecule has 2 N–H and O–H groups in total. The van der Waals surface area contributed by atoms with E-state index in [1.807, 2.05) is 17.0 Å². The van der Waals surface area contributed by atoms with Gasteiger partial charge in [-0.3, -0.25) is 9.69 Å². The second-order valence-electron chi connectivity index (χ2n) is 7.98. The van der Waals surface area contributed by atoms with Crippen molar-refractivity contribution >= 4 is 34.3 Å². The van der Waals surface area contributed by atoms with Gasteiger partial charge in [0, 0.05) is 66.4 Å². The zero-order valence-electron chi connectivity index (χ0n) is 16.7. The van der Waals surface area contributed by atoms with Crippen LogP contribution in [0.25, 0.3) is 11.0 Å². The summed E-state index contributed by atoms with van der Waals surface area (Å²) in [5, 5.41) is 1.31. The van der Waals surface area contributed by atoms with E-state index in [-0.39, 0.29) is 5.91 Å². The van der Waals surface area contributed by atoms with Gasteiger partial charge in [-0.2, -0.15) is 0 Å². The summed E-state index contributed by atoms with van der Waals surface area (Å²) in [6.07, 6.45) is 2.65. The number of benzene rings is 1. The van der Waals surface area contributed by atoms with E-state index in [1.165, 1.54) is 0 Å². The molecule has 156 valence electrons. The predicted molar refractivity (Wildman–Crippen MR) is 115 cm³/mol. The Kier molecular flexibility index (Phi) is 4.79. The van der Waals surface area contributed by atoms with Crippen molar-refractivity contribution in [2.75, 3.05) is 32.5 Å². The summed E-state index contributed by atoms with van der Waals surface area (Å²) in [6.45, 7) is 3.19. The van der Waals surface area contributed by atoms with Crippen molar-refractivity contribution in [2.45, 2.75) is 19.0 Å². The lowest BCUT2D eigenvalue weighted by atomic mass is 9.82. The van der Waals surface area contributed by atoms with E-state index in [9.17, 15) is 4.79 Å². The number of nitrogen functional groups attached to an aromatic ring is 1. The topological polar surface area (TPSA) is 84.8 Å². The lowest BCUT2D eigenvalue weighted by Gasteiger charge is -2.53. The summed E-state index contributed by atoms with van der Waals surface area (Å²) >= 11 is 6.13. The molecule has 30 heavy (non-hydrogen) atoms. The van der Waals surface area contributed by atoms with Gasteiger partial charge in [0.2, 0.25) is 0 Å². The highest BCUT2D eigenvalue weighted by Crippen LogP contribution is 2.36. The second-order valence-corrected chi connectivity index (χ2v) is 8.42. The summed E-state index contributed by atoms with van der Waals surface area (Å²) in [5.41, 5.74) is 7.59. The molecule has 2 saturated heterocycles. The maximum absolute atomic E-state index is 13.1. The van der Waals surface area contributed by atoms with Crippen LogP contribution in [0, 0.1) is 5.92 Å². The highest BCUT2D eigenvalue weighted by atomic mass is 35.5. The van der Waals surface area contributed by atoms with E-state index in [0.29, 0.717) is 46.4 Å². The van der Waals surface area contributed by atoms with Crippen molar-refractivity contribution in [1.82, 2.24) is 14.8 Å². The SMILES string of the molecule is COc1cc(Cl)cc2cc(C(=O)N3CCC4C(C3)CN4Cc3cccnc3N)oc12. The number of hydrogen-bond donors (Lipinski definition) is 1. The number of hydrogen-bond acceptors (Lipinski definition) is 6. The van der Waals surface area contributed by atoms with E-state index >= 15 is 0 Å². The highest BCUT2D eigenvalue weighted by Gasteiger charge is 2.43. The molecule has 1 aromatic carbocycles. The minimum atomic E-state index is -0.0854. The second kappa shape index (κ2) is 7.49. The Morgan fingerprint density at radius 1 is 1.37 bits per heavy atom. The zero-order valence-corrected chi connectivity index (χ0v) is 17.4. The maximum Gasteiger partial charge on any atom is 0.289 e. The molecular weight excluding hydrogens is 404 g/mol. The Hall–Kier alpha value is -2.77. The number of ether oxygens (including phenoxy) is 1. The van der Waals surface area contributed by atoms with Gasteiger partial charge in [0.05, 0.1) is 7.11 Å². The van der Waals surface area contributed by atoms with Crippen molar-refractivity contribution in [3.63, 3.8) is 0 Å². The number of piperidine rings is 1. The van der Waals surface area contributed by atoms with Crippen molar-refractivity contribution in [3.05, 3.63) is 52.9 Å². The molecule has 0 saturated carbocycles. The van der Waals surface area contributed by atoms with E-state index in [2.05, 4.69) is 9.88 Å². The van der Waals surface area contributed by atoms with Crippen molar-refractivity contribution in [3.8, 4) is 5.75 Å². The third kappa shape index (κ3) is 3.28. The molecule has 0 bridgehead atoms. The number of methoxy groups -OCH3 is 1. The van der Waals surface area contributed by atoms with Crippen LogP contribution < -0.4 is 10.5 Å². The van der Waals surface area contributed by atoms with Gasteiger partial charge in [-0.05, 0) is 24.6 Å². The molecule has 2 unspecified atom stereocenters. The van der Waals surface area contributed by atoms with Gasteiger partial charge >= 0.3 is 0 Å². The fourth-order valence-electron chi connectivity index (χ4n) is 4.65. The van der Waals surface area contributed by atoms with Crippen LogP contribution in [-0.4, -0.2) is 53.5 Å². The number of carbonyl (C=O) groups excluding carboxylic acids is 1. The molecule has 2 atom stereocenters. The van der Waals surface area contributed by atoms with Crippen LogP contribution in [0.15, 0.2) is 40.9 Å². The van der Waals surface area contributed by atoms with Crippen LogP contribution in [0.2, 0.25) is 5.02 Å². The van der Waals surface area contributed by atoms with Crippen LogP contribution in [0.3, 0.4) is 0 Å². The van der Waals surface area contributed by atoms with Crippen LogP contribution in [-0.2, 0) is 6.54 Å². The molecule has 0 radical (unpaired) electrons. The first kappa shape index (κ1) is 19.2. The number of nitrogens with zero attached hydrogens (tertiary/aromatic N) is 3. The van der Waals surface area contributed by atoms with Gasteiger partial charge in [0.15, 0.2) is 17.1 Å². The highest BCUT2D eigenvalue weighted by molar-refractivity contribution is 6.31. The molecule has 3 aromatic rings. The molecule has 8 heteroatoms. The summed E-state index contributed by atoms with van der Waals surface area (Å²) in [5.74, 6) is 1.82. The number of aromatic nitrogens is 1. The maximum atomic E-state index is 13.1. The normalized spacial score (nSPS) is 21.3. The number of nitrogens with two attached hydrogens (primary N) is 1. The standard InChI is InChI=1S/C22H23ClN4O3/c1-29-18-9-16(23)7-14-8-19(30-20(14)18)22(28)26-6-4-17-15(11-26)12-27(17)10-13-3-2-5-25-21(13)24/h2-3,5,7-9,15,17H,4,6,10-12H2,1H3,(H2,24,25). The molecule has 7 nitrogen and oxygen atoms in total. The van der Waals surface area contributed by atoms with Crippen LogP contribution in [0.1, 0.15) is 22.5 Å². The zero-order chi connectivity index (χ0) is 20.8. The summed E-state index contributed by atoms with van der Waals surface area (Å²) < 4.78 is 11.2. The fraction of sp³-hybridized carbons (Fsp3) is 0.364. The van der Waals surface area contributed by atoms with E-state index in [4.69, 9.17) is 26.5 Å². The number of fused-ring (bicyclic) bond motifs is 2. The Morgan fingerprint density at radius 3 is 3.00 bits per heavy atom. The third-order valence-corrected chi connectivity index (χ3v) is 6.41. The minimum Gasteiger partial charge on any atom is -0.493 e. The Bertz CT molecular complexity index is 1110. The van der Waals surface area contributed by atoms with Gasteiger partial charge in [-0.15, -0.1) is 0 Å². The molecule has 0 aliphatic carbocycles. The summed E-state index contributed by atoms with van der Waals surface area (Å²) in [7, 11) is 1.56. The molecule has 2 fully saturated rings. The number of amides is 1. The molecular formula is C22H23ClN4O3. The summed E-state index contributed by atoms with van der Waals surface area (Å²) in [6, 6.07) is 9.63. The number of furan rings is 1. The smallest absolute Gasteiger partial charge is 0.289 e. The van der Waals surface area contributed by atoms with Crippen LogP contribution in [0.4, 0.5) is 5.82 Å².